The van der Waals surface area contributed by atoms with Crippen LogP contribution in [0, 0.1) is 115 Å². The van der Waals surface area contributed by atoms with E-state index in [-0.39, 0.29) is 10.3 Å². The third-order valence-corrected chi connectivity index (χ3v) is 8.00. The van der Waals surface area contributed by atoms with Crippen LogP contribution in [-0.2, 0) is 0 Å². The van der Waals surface area contributed by atoms with Crippen molar-refractivity contribution in [2.75, 3.05) is 0 Å². The zero-order valence-electron chi connectivity index (χ0n) is 25.9. The topological polar surface area (TPSA) is 26.0 Å². The molecule has 0 bridgehead atoms. The second-order valence-corrected chi connectivity index (χ2v) is 11.3. The molecule has 0 amide bonds. The third kappa shape index (κ3) is 5.52. The van der Waals surface area contributed by atoms with Crippen LogP contribution in [0.3, 0.4) is 0 Å². The van der Waals surface area contributed by atoms with Gasteiger partial charge in [-0.25, -0.2) is 65.9 Å². The van der Waals surface area contributed by atoms with Crippen molar-refractivity contribution in [2.45, 2.75) is 27.7 Å². The van der Waals surface area contributed by atoms with Crippen molar-refractivity contribution in [3.05, 3.63) is 134 Å². The molecule has 0 aliphatic rings. The Hall–Kier alpha value is -5.23. The fraction of sp³-hybridized carbons (Fsp3) is 0.125. The molecule has 0 radical (unpaired) electrons. The molecule has 0 aliphatic carbocycles. The first-order chi connectivity index (χ1) is 23.7. The molecule has 3 nitrogen and oxygen atoms in total. The number of benzene rings is 3. The molecule has 0 saturated heterocycles. The summed E-state index contributed by atoms with van der Waals surface area (Å²) in [5.41, 5.74) is -8.00. The average Bonchev–Trinajstić information content (AvgIpc) is 3.07. The van der Waals surface area contributed by atoms with Gasteiger partial charge in [0.25, 0.3) is 0 Å². The van der Waals surface area contributed by atoms with Crippen molar-refractivity contribution in [3.63, 3.8) is 0 Å². The van der Waals surface area contributed by atoms with Gasteiger partial charge in [0.15, 0.2) is 52.4 Å². The van der Waals surface area contributed by atoms with Crippen molar-refractivity contribution < 1.29 is 75.3 Å². The van der Waals surface area contributed by atoms with E-state index in [4.69, 9.17) is 4.76 Å². The first-order valence-electron chi connectivity index (χ1n) is 14.1. The first-order valence-corrected chi connectivity index (χ1v) is 14.1. The van der Waals surface area contributed by atoms with Crippen LogP contribution >= 0.6 is 0 Å². The van der Waals surface area contributed by atoms with E-state index in [1.165, 1.54) is 12.1 Å². The van der Waals surface area contributed by atoms with Gasteiger partial charge in [-0.2, -0.15) is 0 Å². The number of rotatable bonds is 6. The average molecular weight is 740 g/mol. The monoisotopic (exact) mass is 740 g/mol. The molecule has 3 aromatic carbocycles. The van der Waals surface area contributed by atoms with E-state index < -0.39 is 121 Å². The molecule has 0 atom stereocenters. The van der Waals surface area contributed by atoms with E-state index >= 15 is 26.3 Å². The van der Waals surface area contributed by atoms with Crippen molar-refractivity contribution in [1.29, 1.82) is 0 Å². The van der Waals surface area contributed by atoms with Crippen molar-refractivity contribution >= 4 is 22.7 Å². The molecular formula is C32H16BF15N2O. The normalized spacial score (nSPS) is 11.8. The van der Waals surface area contributed by atoms with Gasteiger partial charge in [0, 0.05) is 37.4 Å². The van der Waals surface area contributed by atoms with Gasteiger partial charge >= 0.3 is 6.35 Å². The molecule has 0 N–H and O–H groups in total. The largest absolute Gasteiger partial charge is 0.481 e. The zero-order valence-corrected chi connectivity index (χ0v) is 25.9. The Labute approximate surface area is 276 Å². The predicted molar refractivity (Wildman–Crippen MR) is 149 cm³/mol. The molecule has 2 aromatic heterocycles. The van der Waals surface area contributed by atoms with E-state index in [2.05, 4.69) is 4.98 Å². The number of aryl methyl sites for hydroxylation is 4. The molecule has 2 heterocycles. The predicted octanol–water partition coefficient (Wildman–Crippen LogP) is 6.45. The lowest BCUT2D eigenvalue weighted by Gasteiger charge is -2.40. The standard InChI is InChI=1S/C32H16BF15N2O/c1-9-5-13(6-10(2)49-9)14-7-11(3)50(12(4)8-14)51-33(15-18(34)24(40)30(46)25(41)19(15)35,16-20(36)26(42)31(47)27(43)21(16)37)17-22(38)28(44)32(48)29(45)23(17)39/h5-8H,1-4H3. The summed E-state index contributed by atoms with van der Waals surface area (Å²) in [5, 5.41) is 0. The summed E-state index contributed by atoms with van der Waals surface area (Å²) >= 11 is 0. The Morgan fingerprint density at radius 1 is 0.392 bits per heavy atom. The fourth-order valence-electron chi connectivity index (χ4n) is 5.91. The molecule has 5 aromatic rings. The summed E-state index contributed by atoms with van der Waals surface area (Å²) in [4.78, 5) is 4.18. The van der Waals surface area contributed by atoms with Gasteiger partial charge in [0.05, 0.1) is 0 Å². The first kappa shape index (κ1) is 37.0. The van der Waals surface area contributed by atoms with Crippen LogP contribution in [0.1, 0.15) is 22.8 Å². The summed E-state index contributed by atoms with van der Waals surface area (Å²) in [7, 11) is 0. The van der Waals surface area contributed by atoms with Gasteiger partial charge in [0.2, 0.25) is 11.4 Å². The van der Waals surface area contributed by atoms with Crippen LogP contribution in [0.5, 0.6) is 0 Å². The van der Waals surface area contributed by atoms with Gasteiger partial charge in [-0.1, -0.05) is 16.4 Å². The summed E-state index contributed by atoms with van der Waals surface area (Å²) in [6.45, 7) is 5.21. The maximum absolute atomic E-state index is 15.8. The molecule has 0 unspecified atom stereocenters. The van der Waals surface area contributed by atoms with Gasteiger partial charge in [-0.15, -0.1) is 0 Å². The molecule has 0 aliphatic heterocycles. The summed E-state index contributed by atoms with van der Waals surface area (Å²) in [6.07, 6.45) is -6.26. The highest BCUT2D eigenvalue weighted by Gasteiger charge is 2.54. The van der Waals surface area contributed by atoms with Crippen LogP contribution < -0.4 is 25.9 Å². The van der Waals surface area contributed by atoms with E-state index in [0.29, 0.717) is 17.0 Å². The van der Waals surface area contributed by atoms with Crippen LogP contribution in [0.4, 0.5) is 65.9 Å². The minimum Gasteiger partial charge on any atom is -0.481 e. The second kappa shape index (κ2) is 12.8. The van der Waals surface area contributed by atoms with E-state index in [9.17, 15) is 39.5 Å². The van der Waals surface area contributed by atoms with Gasteiger partial charge < -0.3 is 4.76 Å². The molecule has 5 rings (SSSR count). The highest BCUT2D eigenvalue weighted by Crippen LogP contribution is 2.28. The van der Waals surface area contributed by atoms with Crippen LogP contribution in [-0.4, -0.2) is 11.3 Å². The Balaban J connectivity index is 2.09. The van der Waals surface area contributed by atoms with E-state index in [1.807, 2.05) is 0 Å². The molecule has 268 valence electrons. The molecular weight excluding hydrogens is 724 g/mol. The SMILES string of the molecule is Cc1cc(-c2cc(C)[n+](O[B-](c3c(F)c(F)c(F)c(F)c3F)(c3c(F)c(F)c(F)c(F)c3F)c3c(F)c(F)c(F)c(F)c3F)c(C)c2)cc(C)n1. The number of halogens is 15. The fourth-order valence-corrected chi connectivity index (χ4v) is 5.91. The highest BCUT2D eigenvalue weighted by atomic mass is 19.2. The van der Waals surface area contributed by atoms with Gasteiger partial charge in [-0.3, -0.25) is 4.98 Å². The zero-order chi connectivity index (χ0) is 38.2. The summed E-state index contributed by atoms with van der Waals surface area (Å²) in [6, 6.07) is 5.24. The van der Waals surface area contributed by atoms with Gasteiger partial charge in [-0.05, 0) is 41.8 Å². The maximum Gasteiger partial charge on any atom is 0.346 e. The highest BCUT2D eigenvalue weighted by molar-refractivity contribution is 7.07. The molecule has 51 heavy (non-hydrogen) atoms. The molecule has 0 spiro atoms. The van der Waals surface area contributed by atoms with Gasteiger partial charge in [0.1, 0.15) is 34.9 Å². The number of hydrogen-bond acceptors (Lipinski definition) is 2. The lowest BCUT2D eigenvalue weighted by Crippen LogP contribution is -2.83. The van der Waals surface area contributed by atoms with Crippen molar-refractivity contribution in [1.82, 2.24) is 4.98 Å². The lowest BCUT2D eigenvalue weighted by atomic mass is 9.27. The molecule has 0 fully saturated rings. The third-order valence-electron chi connectivity index (χ3n) is 8.00. The number of aromatic nitrogens is 2. The molecule has 19 heteroatoms. The summed E-state index contributed by atoms with van der Waals surface area (Å²) < 4.78 is 232. The van der Waals surface area contributed by atoms with Crippen LogP contribution in [0.2, 0.25) is 0 Å². The minimum atomic E-state index is -6.26. The quantitative estimate of drug-likeness (QED) is 0.0659. The number of pyridine rings is 2. The second-order valence-electron chi connectivity index (χ2n) is 11.3. The van der Waals surface area contributed by atoms with Crippen molar-refractivity contribution in [3.8, 4) is 11.1 Å². The Bertz CT molecular complexity index is 2020. The smallest absolute Gasteiger partial charge is 0.346 e. The number of hydrogen-bond donors (Lipinski definition) is 0. The minimum absolute atomic E-state index is 0.137. The number of nitrogens with zero attached hydrogens (tertiary/aromatic N) is 2. The van der Waals surface area contributed by atoms with Crippen LogP contribution in [0.15, 0.2) is 24.3 Å². The maximum atomic E-state index is 15.8. The molecule has 0 saturated carbocycles. The van der Waals surface area contributed by atoms with Crippen LogP contribution in [0.25, 0.3) is 11.1 Å². The van der Waals surface area contributed by atoms with Crippen molar-refractivity contribution in [2.24, 2.45) is 0 Å². The van der Waals surface area contributed by atoms with E-state index in [1.54, 1.807) is 13.8 Å². The van der Waals surface area contributed by atoms with E-state index in [0.717, 1.165) is 26.0 Å². The lowest BCUT2D eigenvalue weighted by molar-refractivity contribution is -0.871. The Morgan fingerprint density at radius 3 is 0.902 bits per heavy atom. The summed E-state index contributed by atoms with van der Waals surface area (Å²) in [5.74, 6) is -46.9. The Kier molecular flexibility index (Phi) is 9.32. The Morgan fingerprint density at radius 2 is 0.627 bits per heavy atom.